The maximum atomic E-state index is 11.1. The lowest BCUT2D eigenvalue weighted by atomic mass is 9.77. The van der Waals surface area contributed by atoms with Crippen LogP contribution in [0.4, 0.5) is 5.69 Å². The lowest BCUT2D eigenvalue weighted by Gasteiger charge is -2.37. The van der Waals surface area contributed by atoms with Crippen molar-refractivity contribution >= 4 is 17.8 Å². The van der Waals surface area contributed by atoms with Gasteiger partial charge in [-0.3, -0.25) is 10.1 Å². The van der Waals surface area contributed by atoms with Gasteiger partial charge in [0.1, 0.15) is 5.54 Å². The molecule has 0 amide bonds. The van der Waals surface area contributed by atoms with Crippen LogP contribution in [0.5, 0.6) is 0 Å². The van der Waals surface area contributed by atoms with Crippen LogP contribution in [0, 0.1) is 10.1 Å². The number of aromatic nitrogens is 2. The van der Waals surface area contributed by atoms with Gasteiger partial charge in [0.2, 0.25) is 0 Å². The van der Waals surface area contributed by atoms with Gasteiger partial charge in [0.25, 0.3) is 5.69 Å². The maximum absolute atomic E-state index is 11.1. The summed E-state index contributed by atoms with van der Waals surface area (Å²) < 4.78 is 2.14. The highest BCUT2D eigenvalue weighted by atomic mass is 16.6. The Morgan fingerprint density at radius 3 is 1.77 bits per heavy atom. The number of non-ortho nitro benzene ring substituents is 1. The topological polar surface area (TPSA) is 61.0 Å². The molecule has 0 bridgehead atoms. The second-order valence-corrected chi connectivity index (χ2v) is 8.20. The summed E-state index contributed by atoms with van der Waals surface area (Å²) in [5, 5.41) is 11.1. The molecule has 0 atom stereocenters. The first-order valence-corrected chi connectivity index (χ1v) is 11.3. The standard InChI is InChI=1S/C30H23N3O2/c34-33(35)29-18-10-11-24(21-29)19-20-28-22-32(23-31-28)30(25-12-4-1-5-13-25,26-14-6-2-7-15-26)27-16-8-3-9-17-27/h1-23H. The quantitative estimate of drug-likeness (QED) is 0.153. The van der Waals surface area contributed by atoms with Crippen LogP contribution in [-0.2, 0) is 5.54 Å². The highest BCUT2D eigenvalue weighted by Gasteiger charge is 2.38. The van der Waals surface area contributed by atoms with Crippen LogP contribution in [0.2, 0.25) is 0 Å². The van der Waals surface area contributed by atoms with Crippen molar-refractivity contribution in [3.05, 3.63) is 166 Å². The molecule has 35 heavy (non-hydrogen) atoms. The fourth-order valence-electron chi connectivity index (χ4n) is 4.52. The van der Waals surface area contributed by atoms with E-state index in [1.54, 1.807) is 12.1 Å². The van der Waals surface area contributed by atoms with Crippen LogP contribution in [0.15, 0.2) is 128 Å². The predicted octanol–water partition coefficient (Wildman–Crippen LogP) is 6.80. The summed E-state index contributed by atoms with van der Waals surface area (Å²) in [6.07, 6.45) is 7.58. The van der Waals surface area contributed by atoms with Gasteiger partial charge in [0.15, 0.2) is 0 Å². The molecule has 5 heteroatoms. The van der Waals surface area contributed by atoms with Gasteiger partial charge in [-0.2, -0.15) is 0 Å². The Bertz CT molecular complexity index is 1360. The third kappa shape index (κ3) is 4.27. The molecule has 1 aromatic heterocycles. The monoisotopic (exact) mass is 457 g/mol. The van der Waals surface area contributed by atoms with Crippen LogP contribution in [0.1, 0.15) is 27.9 Å². The normalized spacial score (nSPS) is 11.5. The summed E-state index contributed by atoms with van der Waals surface area (Å²) in [4.78, 5) is 15.4. The molecule has 0 spiro atoms. The first kappa shape index (κ1) is 22.0. The van der Waals surface area contributed by atoms with Crippen LogP contribution < -0.4 is 0 Å². The van der Waals surface area contributed by atoms with Crippen molar-refractivity contribution in [2.45, 2.75) is 5.54 Å². The van der Waals surface area contributed by atoms with Crippen molar-refractivity contribution in [1.82, 2.24) is 9.55 Å². The van der Waals surface area contributed by atoms with E-state index in [1.165, 1.54) is 6.07 Å². The van der Waals surface area contributed by atoms with Gasteiger partial charge >= 0.3 is 0 Å². The summed E-state index contributed by atoms with van der Waals surface area (Å²) in [7, 11) is 0. The number of hydrogen-bond donors (Lipinski definition) is 0. The summed E-state index contributed by atoms with van der Waals surface area (Å²) >= 11 is 0. The Morgan fingerprint density at radius 2 is 1.26 bits per heavy atom. The number of hydrogen-bond acceptors (Lipinski definition) is 3. The van der Waals surface area contributed by atoms with E-state index in [9.17, 15) is 10.1 Å². The molecule has 0 aliphatic carbocycles. The summed E-state index contributed by atoms with van der Waals surface area (Å²) in [6.45, 7) is 0. The first-order valence-electron chi connectivity index (χ1n) is 11.3. The van der Waals surface area contributed by atoms with Crippen LogP contribution in [0.3, 0.4) is 0 Å². The predicted molar refractivity (Wildman–Crippen MR) is 139 cm³/mol. The molecule has 0 unspecified atom stereocenters. The Hall–Kier alpha value is -4.77. The Kier molecular flexibility index (Phi) is 6.05. The highest BCUT2D eigenvalue weighted by Crippen LogP contribution is 2.40. The molecule has 4 aromatic carbocycles. The number of benzene rings is 4. The summed E-state index contributed by atoms with van der Waals surface area (Å²) in [6, 6.07) is 37.7. The minimum Gasteiger partial charge on any atom is -0.318 e. The van der Waals surface area contributed by atoms with E-state index in [0.717, 1.165) is 27.9 Å². The molecule has 5 aromatic rings. The zero-order chi connectivity index (χ0) is 24.1. The van der Waals surface area contributed by atoms with E-state index < -0.39 is 5.54 Å². The summed E-state index contributed by atoms with van der Waals surface area (Å²) in [5.74, 6) is 0. The zero-order valence-electron chi connectivity index (χ0n) is 18.9. The fourth-order valence-corrected chi connectivity index (χ4v) is 4.52. The van der Waals surface area contributed by atoms with Crippen molar-refractivity contribution in [2.75, 3.05) is 0 Å². The van der Waals surface area contributed by atoms with E-state index in [1.807, 2.05) is 48.9 Å². The van der Waals surface area contributed by atoms with Crippen LogP contribution in [-0.4, -0.2) is 14.5 Å². The number of imidazole rings is 1. The number of nitro benzene ring substituents is 1. The van der Waals surface area contributed by atoms with E-state index in [0.29, 0.717) is 0 Å². The average molecular weight is 458 g/mol. The van der Waals surface area contributed by atoms with Gasteiger partial charge in [-0.15, -0.1) is 0 Å². The number of nitro groups is 1. The van der Waals surface area contributed by atoms with Gasteiger partial charge in [-0.25, -0.2) is 4.98 Å². The van der Waals surface area contributed by atoms with Crippen molar-refractivity contribution in [1.29, 1.82) is 0 Å². The largest absolute Gasteiger partial charge is 0.318 e. The van der Waals surface area contributed by atoms with Crippen LogP contribution in [0.25, 0.3) is 12.2 Å². The molecule has 5 rings (SSSR count). The van der Waals surface area contributed by atoms with Gasteiger partial charge in [0.05, 0.1) is 16.9 Å². The van der Waals surface area contributed by atoms with Crippen molar-refractivity contribution in [3.8, 4) is 0 Å². The molecule has 0 radical (unpaired) electrons. The second kappa shape index (κ2) is 9.61. The molecule has 0 fully saturated rings. The van der Waals surface area contributed by atoms with Crippen molar-refractivity contribution < 1.29 is 4.92 Å². The third-order valence-corrected chi connectivity index (χ3v) is 6.09. The number of rotatable bonds is 7. The fraction of sp³-hybridized carbons (Fsp3) is 0.0333. The minimum absolute atomic E-state index is 0.0638. The number of nitrogens with zero attached hydrogens (tertiary/aromatic N) is 3. The molecular weight excluding hydrogens is 434 g/mol. The molecule has 1 heterocycles. The van der Waals surface area contributed by atoms with E-state index in [-0.39, 0.29) is 10.6 Å². The maximum Gasteiger partial charge on any atom is 0.270 e. The molecule has 0 aliphatic rings. The van der Waals surface area contributed by atoms with Gasteiger partial charge < -0.3 is 4.57 Å². The second-order valence-electron chi connectivity index (χ2n) is 8.20. The highest BCUT2D eigenvalue weighted by molar-refractivity contribution is 5.69. The molecular formula is C30H23N3O2. The van der Waals surface area contributed by atoms with Crippen molar-refractivity contribution in [2.24, 2.45) is 0 Å². The Morgan fingerprint density at radius 1 is 0.714 bits per heavy atom. The van der Waals surface area contributed by atoms with E-state index in [4.69, 9.17) is 0 Å². The zero-order valence-corrected chi connectivity index (χ0v) is 18.9. The lowest BCUT2D eigenvalue weighted by Crippen LogP contribution is -2.36. The molecule has 0 saturated carbocycles. The van der Waals surface area contributed by atoms with E-state index >= 15 is 0 Å². The SMILES string of the molecule is O=[N+]([O-])c1cccc(C=Cc2cn(C(c3ccccc3)(c3ccccc3)c3ccccc3)cn2)c1. The Balaban J connectivity index is 1.65. The Labute approximate surface area is 203 Å². The van der Waals surface area contributed by atoms with Gasteiger partial charge in [0, 0.05) is 18.3 Å². The smallest absolute Gasteiger partial charge is 0.270 e. The molecule has 5 nitrogen and oxygen atoms in total. The van der Waals surface area contributed by atoms with E-state index in [2.05, 4.69) is 82.3 Å². The molecule has 0 saturated heterocycles. The molecule has 0 aliphatic heterocycles. The molecule has 170 valence electrons. The molecule has 0 N–H and O–H groups in total. The lowest BCUT2D eigenvalue weighted by molar-refractivity contribution is -0.384. The first-order chi connectivity index (χ1) is 17.2. The summed E-state index contributed by atoms with van der Waals surface area (Å²) in [5.41, 5.74) is 4.28. The van der Waals surface area contributed by atoms with Crippen molar-refractivity contribution in [3.63, 3.8) is 0 Å². The van der Waals surface area contributed by atoms with Gasteiger partial charge in [-0.05, 0) is 28.3 Å². The average Bonchev–Trinajstić information content (AvgIpc) is 3.39. The van der Waals surface area contributed by atoms with Crippen LogP contribution >= 0.6 is 0 Å². The minimum atomic E-state index is -0.631. The van der Waals surface area contributed by atoms with Gasteiger partial charge in [-0.1, -0.05) is 109 Å². The third-order valence-electron chi connectivity index (χ3n) is 6.09.